The molecule has 4 nitrogen and oxygen atoms in total. The highest BCUT2D eigenvalue weighted by atomic mass is 16.4. The number of nitrogens with one attached hydrogen (secondary N) is 1. The number of carbonyl (C=O) groups is 2. The zero-order chi connectivity index (χ0) is 14.1. The van der Waals surface area contributed by atoms with Crippen molar-refractivity contribution in [1.29, 1.82) is 0 Å². The molecule has 0 saturated heterocycles. The molecule has 0 spiro atoms. The van der Waals surface area contributed by atoms with Gasteiger partial charge in [0.05, 0.1) is 5.92 Å². The summed E-state index contributed by atoms with van der Waals surface area (Å²) in [5, 5.41) is 12.2. The van der Waals surface area contributed by atoms with Gasteiger partial charge in [-0.05, 0) is 56.8 Å². The molecule has 0 aromatic heterocycles. The Morgan fingerprint density at radius 3 is 2.25 bits per heavy atom. The standard InChI is InChI=1S/C16H23NO3/c18-15(14-9-10-1-3-11(14)4-2-10)17-13-7-5-12(6-8-13)16(19)20/h1,3,10-14H,2,4-9H2,(H,17,18)(H,19,20)/t10-,11+,12?,13?,14-/m1/s1. The summed E-state index contributed by atoms with van der Waals surface area (Å²) in [7, 11) is 0. The Labute approximate surface area is 119 Å². The molecule has 2 N–H and O–H groups in total. The van der Waals surface area contributed by atoms with Crippen molar-refractivity contribution < 1.29 is 14.7 Å². The summed E-state index contributed by atoms with van der Waals surface area (Å²) < 4.78 is 0. The number of hydrogen-bond donors (Lipinski definition) is 2. The number of amides is 1. The summed E-state index contributed by atoms with van der Waals surface area (Å²) >= 11 is 0. The zero-order valence-electron chi connectivity index (χ0n) is 11.8. The maximum absolute atomic E-state index is 12.4. The molecule has 0 heterocycles. The van der Waals surface area contributed by atoms with Crippen LogP contribution in [0.2, 0.25) is 0 Å². The fraction of sp³-hybridized carbons (Fsp3) is 0.750. The van der Waals surface area contributed by atoms with E-state index in [1.807, 2.05) is 0 Å². The van der Waals surface area contributed by atoms with Crippen LogP contribution >= 0.6 is 0 Å². The number of rotatable bonds is 3. The lowest BCUT2D eigenvalue weighted by atomic mass is 9.68. The highest BCUT2D eigenvalue weighted by Crippen LogP contribution is 2.40. The second-order valence-corrected chi connectivity index (χ2v) is 6.62. The predicted octanol–water partition coefficient (Wildman–Crippen LogP) is 2.35. The fourth-order valence-electron chi connectivity index (χ4n) is 4.03. The van der Waals surface area contributed by atoms with Crippen molar-refractivity contribution in [3.63, 3.8) is 0 Å². The lowest BCUT2D eigenvalue weighted by Crippen LogP contribution is -2.45. The third-order valence-corrected chi connectivity index (χ3v) is 5.33. The molecule has 0 unspecified atom stereocenters. The first-order valence-corrected chi connectivity index (χ1v) is 7.85. The lowest BCUT2D eigenvalue weighted by Gasteiger charge is -2.38. The number of allylic oxidation sites excluding steroid dienone is 2. The van der Waals surface area contributed by atoms with Crippen LogP contribution in [0.25, 0.3) is 0 Å². The van der Waals surface area contributed by atoms with Crippen molar-refractivity contribution in [2.75, 3.05) is 0 Å². The van der Waals surface area contributed by atoms with E-state index in [0.29, 0.717) is 24.7 Å². The van der Waals surface area contributed by atoms with E-state index in [9.17, 15) is 9.59 Å². The van der Waals surface area contributed by atoms with Crippen LogP contribution < -0.4 is 5.32 Å². The first-order valence-electron chi connectivity index (χ1n) is 7.85. The summed E-state index contributed by atoms with van der Waals surface area (Å²) in [5.41, 5.74) is 0. The molecule has 4 aliphatic carbocycles. The first kappa shape index (κ1) is 13.7. The number of carboxylic acids is 1. The molecule has 0 aromatic carbocycles. The number of hydrogen-bond acceptors (Lipinski definition) is 2. The third-order valence-electron chi connectivity index (χ3n) is 5.33. The average Bonchev–Trinajstić information content (AvgIpc) is 2.49. The van der Waals surface area contributed by atoms with Gasteiger partial charge in [0, 0.05) is 12.0 Å². The zero-order valence-corrected chi connectivity index (χ0v) is 11.8. The van der Waals surface area contributed by atoms with Crippen molar-refractivity contribution in [2.45, 2.75) is 51.0 Å². The largest absolute Gasteiger partial charge is 0.481 e. The number of fused-ring (bicyclic) bond motifs is 2. The van der Waals surface area contributed by atoms with Crippen molar-refractivity contribution in [3.8, 4) is 0 Å². The van der Waals surface area contributed by atoms with Gasteiger partial charge in [0.2, 0.25) is 5.91 Å². The van der Waals surface area contributed by atoms with E-state index in [1.54, 1.807) is 0 Å². The van der Waals surface area contributed by atoms with Gasteiger partial charge in [0.1, 0.15) is 0 Å². The summed E-state index contributed by atoms with van der Waals surface area (Å²) in [6, 6.07) is 0.183. The normalized spacial score (nSPS) is 39.5. The molecule has 110 valence electrons. The Kier molecular flexibility index (Phi) is 3.81. The Balaban J connectivity index is 1.50. The van der Waals surface area contributed by atoms with Gasteiger partial charge in [-0.3, -0.25) is 9.59 Å². The van der Waals surface area contributed by atoms with Gasteiger partial charge in [-0.25, -0.2) is 0 Å². The van der Waals surface area contributed by atoms with Crippen LogP contribution in [0.15, 0.2) is 12.2 Å². The van der Waals surface area contributed by atoms with Crippen LogP contribution in [0.4, 0.5) is 0 Å². The molecule has 4 rings (SSSR count). The molecule has 0 aliphatic heterocycles. The number of aliphatic carboxylic acids is 1. The molecule has 2 saturated carbocycles. The summed E-state index contributed by atoms with van der Waals surface area (Å²) in [6.07, 6.45) is 10.9. The van der Waals surface area contributed by atoms with Gasteiger partial charge in [-0.15, -0.1) is 0 Å². The van der Waals surface area contributed by atoms with Crippen LogP contribution in [-0.4, -0.2) is 23.0 Å². The fourth-order valence-corrected chi connectivity index (χ4v) is 4.03. The van der Waals surface area contributed by atoms with Gasteiger partial charge < -0.3 is 10.4 Å². The van der Waals surface area contributed by atoms with Gasteiger partial charge in [-0.2, -0.15) is 0 Å². The molecular formula is C16H23NO3. The van der Waals surface area contributed by atoms with Crippen molar-refractivity contribution in [1.82, 2.24) is 5.32 Å². The smallest absolute Gasteiger partial charge is 0.306 e. The average molecular weight is 277 g/mol. The van der Waals surface area contributed by atoms with Crippen LogP contribution in [0, 0.1) is 23.7 Å². The van der Waals surface area contributed by atoms with Gasteiger partial charge in [0.25, 0.3) is 0 Å². The number of carbonyl (C=O) groups excluding carboxylic acids is 1. The summed E-state index contributed by atoms with van der Waals surface area (Å²) in [6.45, 7) is 0. The maximum Gasteiger partial charge on any atom is 0.306 e. The number of carboxylic acid groups (broad SMARTS) is 1. The van der Waals surface area contributed by atoms with Crippen molar-refractivity contribution in [2.24, 2.45) is 23.7 Å². The molecule has 4 heteroatoms. The molecule has 20 heavy (non-hydrogen) atoms. The van der Waals surface area contributed by atoms with E-state index in [1.165, 1.54) is 6.42 Å². The lowest BCUT2D eigenvalue weighted by molar-refractivity contribution is -0.142. The monoisotopic (exact) mass is 277 g/mol. The molecule has 4 aliphatic rings. The summed E-state index contributed by atoms with van der Waals surface area (Å²) in [4.78, 5) is 23.3. The third kappa shape index (κ3) is 2.74. The Bertz CT molecular complexity index is 423. The Morgan fingerprint density at radius 1 is 1.00 bits per heavy atom. The highest BCUT2D eigenvalue weighted by Gasteiger charge is 2.37. The predicted molar refractivity (Wildman–Crippen MR) is 75.0 cm³/mol. The summed E-state index contributed by atoms with van der Waals surface area (Å²) in [5.74, 6) is 0.467. The first-order chi connectivity index (χ1) is 9.63. The molecule has 2 bridgehead atoms. The topological polar surface area (TPSA) is 66.4 Å². The van der Waals surface area contributed by atoms with E-state index in [0.717, 1.165) is 25.7 Å². The Morgan fingerprint density at radius 2 is 1.75 bits per heavy atom. The molecule has 0 aromatic rings. The van der Waals surface area contributed by atoms with Crippen LogP contribution in [-0.2, 0) is 9.59 Å². The second kappa shape index (κ2) is 5.58. The van der Waals surface area contributed by atoms with Crippen molar-refractivity contribution in [3.05, 3.63) is 12.2 Å². The van der Waals surface area contributed by atoms with Crippen LogP contribution in [0.3, 0.4) is 0 Å². The molecular weight excluding hydrogens is 254 g/mol. The molecule has 3 atom stereocenters. The minimum absolute atomic E-state index is 0.149. The van der Waals surface area contributed by atoms with E-state index in [-0.39, 0.29) is 23.8 Å². The van der Waals surface area contributed by atoms with Gasteiger partial charge in [-0.1, -0.05) is 12.2 Å². The van der Waals surface area contributed by atoms with Gasteiger partial charge in [0.15, 0.2) is 0 Å². The highest BCUT2D eigenvalue weighted by molar-refractivity contribution is 5.80. The van der Waals surface area contributed by atoms with E-state index in [4.69, 9.17) is 5.11 Å². The SMILES string of the molecule is O=C(O)C1CCC(NC(=O)[C@@H]2C[C@@H]3C=C[C@H]2CC3)CC1. The van der Waals surface area contributed by atoms with E-state index in [2.05, 4.69) is 17.5 Å². The van der Waals surface area contributed by atoms with E-state index < -0.39 is 5.97 Å². The molecule has 1 amide bonds. The minimum atomic E-state index is -0.690. The van der Waals surface area contributed by atoms with Crippen molar-refractivity contribution >= 4 is 11.9 Å². The van der Waals surface area contributed by atoms with E-state index >= 15 is 0 Å². The van der Waals surface area contributed by atoms with Gasteiger partial charge >= 0.3 is 5.97 Å². The van der Waals surface area contributed by atoms with Crippen LogP contribution in [0.5, 0.6) is 0 Å². The van der Waals surface area contributed by atoms with Crippen LogP contribution in [0.1, 0.15) is 44.9 Å². The molecule has 2 fully saturated rings. The Hall–Kier alpha value is -1.32. The molecule has 0 radical (unpaired) electrons. The quantitative estimate of drug-likeness (QED) is 0.778. The minimum Gasteiger partial charge on any atom is -0.481 e. The second-order valence-electron chi connectivity index (χ2n) is 6.62. The maximum atomic E-state index is 12.4.